The van der Waals surface area contributed by atoms with E-state index in [-0.39, 0.29) is 35.1 Å². The Balaban J connectivity index is 0.00000161. The Morgan fingerprint density at radius 1 is 1.19 bits per heavy atom. The number of carboxylic acid groups (broad SMARTS) is 1. The predicted molar refractivity (Wildman–Crippen MR) is 75.0 cm³/mol. The molecule has 0 aliphatic heterocycles. The molecule has 0 aliphatic carbocycles. The van der Waals surface area contributed by atoms with Crippen LogP contribution in [0.5, 0.6) is 0 Å². The van der Waals surface area contributed by atoms with E-state index in [4.69, 9.17) is 23.2 Å². The van der Waals surface area contributed by atoms with Gasteiger partial charge >= 0.3 is 29.6 Å². The number of carbonyl (C=O) groups excluding carboxylic acids is 1. The van der Waals surface area contributed by atoms with Gasteiger partial charge < -0.3 is 9.90 Å². The molecule has 2 aromatic heterocycles. The number of halogens is 2. The second kappa shape index (κ2) is 6.38. The van der Waals surface area contributed by atoms with E-state index in [0.29, 0.717) is 15.7 Å². The van der Waals surface area contributed by atoms with Crippen LogP contribution < -0.4 is 34.7 Å². The van der Waals surface area contributed by atoms with Crippen molar-refractivity contribution in [3.63, 3.8) is 0 Å². The van der Waals surface area contributed by atoms with Crippen LogP contribution >= 0.6 is 23.2 Å². The second-order valence-corrected chi connectivity index (χ2v) is 5.04. The van der Waals surface area contributed by atoms with Crippen LogP contribution in [0.25, 0.3) is 16.9 Å². The first kappa shape index (κ1) is 16.3. The summed E-state index contributed by atoms with van der Waals surface area (Å²) in [5.41, 5.74) is 2.11. The van der Waals surface area contributed by atoms with Gasteiger partial charge in [-0.1, -0.05) is 23.2 Å². The van der Waals surface area contributed by atoms with Crippen LogP contribution in [0, 0.1) is 0 Å². The first-order chi connectivity index (χ1) is 9.56. The molecule has 0 unspecified atom stereocenters. The number of imidazole rings is 1. The van der Waals surface area contributed by atoms with Crippen molar-refractivity contribution in [3.05, 3.63) is 58.3 Å². The zero-order valence-corrected chi connectivity index (χ0v) is 14.5. The third-order valence-corrected chi connectivity index (χ3v) is 3.50. The number of hydrogen-bond donors (Lipinski definition) is 0. The quantitative estimate of drug-likeness (QED) is 0.606. The number of benzene rings is 1. The molecule has 0 radical (unpaired) electrons. The average Bonchev–Trinajstić information content (AvgIpc) is 2.81. The molecule has 100 valence electrons. The summed E-state index contributed by atoms with van der Waals surface area (Å²) in [4.78, 5) is 15.0. The molecule has 0 aliphatic rings. The number of hydrogen-bond acceptors (Lipinski definition) is 3. The van der Waals surface area contributed by atoms with Crippen molar-refractivity contribution in [2.75, 3.05) is 0 Å². The molecule has 4 nitrogen and oxygen atoms in total. The summed E-state index contributed by atoms with van der Waals surface area (Å²) in [7, 11) is 0. The van der Waals surface area contributed by atoms with E-state index in [2.05, 4.69) is 4.98 Å². The minimum absolute atomic E-state index is 0. The van der Waals surface area contributed by atoms with E-state index >= 15 is 0 Å². The molecule has 0 spiro atoms. The van der Waals surface area contributed by atoms with Gasteiger partial charge in [0.2, 0.25) is 0 Å². The topological polar surface area (TPSA) is 57.4 Å². The fourth-order valence-corrected chi connectivity index (χ4v) is 2.51. The monoisotopic (exact) mass is 328 g/mol. The van der Waals surface area contributed by atoms with Crippen molar-refractivity contribution in [2.45, 2.75) is 0 Å². The zero-order chi connectivity index (χ0) is 14.3. The third kappa shape index (κ3) is 3.10. The van der Waals surface area contributed by atoms with E-state index < -0.39 is 5.97 Å². The Kier molecular flexibility index (Phi) is 4.96. The van der Waals surface area contributed by atoms with Gasteiger partial charge in [-0.3, -0.25) is 4.40 Å². The summed E-state index contributed by atoms with van der Waals surface area (Å²) in [5, 5.41) is 11.9. The SMILES string of the molecule is O=C([O-])c1ccn2c(-c3ccc(Cl)cc3Cl)cnc2c1.[Na+]. The molecule has 0 fully saturated rings. The van der Waals surface area contributed by atoms with Gasteiger partial charge in [-0.05, 0) is 30.3 Å². The smallest absolute Gasteiger partial charge is 0.545 e. The molecule has 0 atom stereocenters. The minimum Gasteiger partial charge on any atom is -0.545 e. The molecule has 0 amide bonds. The van der Waals surface area contributed by atoms with Crippen molar-refractivity contribution < 1.29 is 39.5 Å². The first-order valence-corrected chi connectivity index (χ1v) is 6.46. The second-order valence-electron chi connectivity index (χ2n) is 4.20. The van der Waals surface area contributed by atoms with E-state index in [1.165, 1.54) is 12.1 Å². The van der Waals surface area contributed by atoms with Crippen LogP contribution in [0.3, 0.4) is 0 Å². The number of pyridine rings is 1. The van der Waals surface area contributed by atoms with E-state index in [0.717, 1.165) is 11.3 Å². The zero-order valence-electron chi connectivity index (χ0n) is 11.0. The Labute approximate surface area is 152 Å². The largest absolute Gasteiger partial charge is 1.00 e. The Morgan fingerprint density at radius 2 is 1.95 bits per heavy atom. The molecular weight excluding hydrogens is 322 g/mol. The predicted octanol–water partition coefficient (Wildman–Crippen LogP) is -0.324. The Bertz CT molecular complexity index is 833. The van der Waals surface area contributed by atoms with Gasteiger partial charge in [-0.15, -0.1) is 0 Å². The number of fused-ring (bicyclic) bond motifs is 1. The van der Waals surface area contributed by atoms with Gasteiger partial charge in [0.15, 0.2) is 0 Å². The fraction of sp³-hybridized carbons (Fsp3) is 0. The van der Waals surface area contributed by atoms with Crippen molar-refractivity contribution in [3.8, 4) is 11.3 Å². The molecule has 2 heterocycles. The van der Waals surface area contributed by atoms with Gasteiger partial charge in [0, 0.05) is 22.3 Å². The number of aromatic carboxylic acids is 1. The molecule has 21 heavy (non-hydrogen) atoms. The Hall–Kier alpha value is -1.04. The number of nitrogens with zero attached hydrogens (tertiary/aromatic N) is 2. The van der Waals surface area contributed by atoms with Crippen LogP contribution in [0.2, 0.25) is 10.0 Å². The van der Waals surface area contributed by atoms with Gasteiger partial charge in [0.1, 0.15) is 5.65 Å². The normalized spacial score (nSPS) is 10.4. The maximum Gasteiger partial charge on any atom is 1.00 e. The van der Waals surface area contributed by atoms with Gasteiger partial charge in [-0.2, -0.15) is 0 Å². The molecule has 7 heteroatoms. The van der Waals surface area contributed by atoms with Crippen LogP contribution in [-0.2, 0) is 0 Å². The molecule has 0 bridgehead atoms. The molecule has 0 saturated carbocycles. The van der Waals surface area contributed by atoms with Crippen molar-refractivity contribution in [1.29, 1.82) is 0 Å². The Morgan fingerprint density at radius 3 is 2.62 bits per heavy atom. The summed E-state index contributed by atoms with van der Waals surface area (Å²) < 4.78 is 1.75. The first-order valence-electron chi connectivity index (χ1n) is 5.70. The molecule has 0 saturated heterocycles. The summed E-state index contributed by atoms with van der Waals surface area (Å²) in [6, 6.07) is 8.08. The number of rotatable bonds is 2. The molecule has 3 rings (SSSR count). The third-order valence-electron chi connectivity index (χ3n) is 2.96. The summed E-state index contributed by atoms with van der Waals surface area (Å²) >= 11 is 12.0. The molecule has 3 aromatic rings. The van der Waals surface area contributed by atoms with Crippen LogP contribution in [0.4, 0.5) is 0 Å². The standard InChI is InChI=1S/C14H8Cl2N2O2.Na/c15-9-1-2-10(11(16)6-9)12-7-17-13-5-8(14(19)20)3-4-18(12)13;/h1-7H,(H,19,20);/q;+1/p-1. The van der Waals surface area contributed by atoms with E-state index in [9.17, 15) is 9.90 Å². The number of carboxylic acids is 1. The molecular formula is C14H7Cl2N2NaO2. The van der Waals surface area contributed by atoms with Crippen LogP contribution in [0.1, 0.15) is 10.4 Å². The van der Waals surface area contributed by atoms with Crippen molar-refractivity contribution in [2.24, 2.45) is 0 Å². The summed E-state index contributed by atoms with van der Waals surface area (Å²) in [6.07, 6.45) is 3.25. The average molecular weight is 329 g/mol. The maximum atomic E-state index is 10.8. The number of carbonyl (C=O) groups is 1. The van der Waals surface area contributed by atoms with Gasteiger partial charge in [0.25, 0.3) is 0 Å². The van der Waals surface area contributed by atoms with Crippen LogP contribution in [-0.4, -0.2) is 15.4 Å². The molecule has 0 N–H and O–H groups in total. The van der Waals surface area contributed by atoms with Gasteiger partial charge in [-0.25, -0.2) is 4.98 Å². The van der Waals surface area contributed by atoms with E-state index in [1.807, 2.05) is 0 Å². The molecule has 1 aromatic carbocycles. The van der Waals surface area contributed by atoms with Crippen molar-refractivity contribution in [1.82, 2.24) is 9.38 Å². The summed E-state index contributed by atoms with van der Waals surface area (Å²) in [6.45, 7) is 0. The minimum atomic E-state index is -1.23. The maximum absolute atomic E-state index is 10.8. The number of aromatic nitrogens is 2. The van der Waals surface area contributed by atoms with Gasteiger partial charge in [0.05, 0.1) is 22.9 Å². The fourth-order valence-electron chi connectivity index (χ4n) is 2.00. The van der Waals surface area contributed by atoms with Crippen LogP contribution in [0.15, 0.2) is 42.7 Å². The van der Waals surface area contributed by atoms with Crippen molar-refractivity contribution >= 4 is 34.8 Å². The summed E-state index contributed by atoms with van der Waals surface area (Å²) in [5.74, 6) is -1.23. The van der Waals surface area contributed by atoms with E-state index in [1.54, 1.807) is 35.0 Å².